The Labute approximate surface area is 123 Å². The molecule has 2 aromatic rings. The summed E-state index contributed by atoms with van der Waals surface area (Å²) in [6.07, 6.45) is 5.07. The molecule has 3 rings (SSSR count). The normalized spacial score (nSPS) is 18.8. The van der Waals surface area contributed by atoms with Crippen LogP contribution in [0.3, 0.4) is 0 Å². The Balaban J connectivity index is 1.47. The molecule has 0 unspecified atom stereocenters. The van der Waals surface area contributed by atoms with Gasteiger partial charge in [0.25, 0.3) is 0 Å². The monoisotopic (exact) mass is 288 g/mol. The highest BCUT2D eigenvalue weighted by Crippen LogP contribution is 2.15. The van der Waals surface area contributed by atoms with Gasteiger partial charge in [-0.1, -0.05) is 18.2 Å². The molecule has 1 N–H and O–H groups in total. The quantitative estimate of drug-likeness (QED) is 0.860. The molecule has 5 nitrogen and oxygen atoms in total. The zero-order chi connectivity index (χ0) is 14.5. The fourth-order valence-electron chi connectivity index (χ4n) is 2.54. The van der Waals surface area contributed by atoms with Crippen molar-refractivity contribution in [3.63, 3.8) is 0 Å². The number of ether oxygens (including phenoxy) is 1. The lowest BCUT2D eigenvalue weighted by molar-refractivity contribution is -0.200. The minimum absolute atomic E-state index is 0.123. The van der Waals surface area contributed by atoms with Crippen molar-refractivity contribution in [1.82, 2.24) is 10.0 Å². The van der Waals surface area contributed by atoms with Crippen LogP contribution in [0.1, 0.15) is 25.7 Å². The predicted octanol–water partition coefficient (Wildman–Crippen LogP) is 2.61. The Kier molecular flexibility index (Phi) is 4.52. The van der Waals surface area contributed by atoms with Gasteiger partial charge < -0.3 is 9.30 Å². The minimum Gasteiger partial charge on any atom is -0.350 e. The number of fused-ring (bicyclic) bond motifs is 1. The molecule has 0 radical (unpaired) electrons. The van der Waals surface area contributed by atoms with Crippen LogP contribution in [0.25, 0.3) is 10.9 Å². The van der Waals surface area contributed by atoms with Crippen molar-refractivity contribution in [1.29, 1.82) is 0 Å². The van der Waals surface area contributed by atoms with E-state index >= 15 is 0 Å². The van der Waals surface area contributed by atoms with Crippen LogP contribution >= 0.6 is 0 Å². The molecular weight excluding hydrogens is 268 g/mol. The molecule has 21 heavy (non-hydrogen) atoms. The standard InChI is InChI=1S/C16H20N2O3/c19-15(17-21-16-7-3-4-12-20-16)9-11-18-10-8-13-5-1-2-6-14(13)18/h1-2,5-6,8,10,16H,3-4,7,9,11-12H2,(H,17,19)/t16-/m0/s1. The summed E-state index contributed by atoms with van der Waals surface area (Å²) >= 11 is 0. The van der Waals surface area contributed by atoms with Crippen LogP contribution in [0.4, 0.5) is 0 Å². The third-order valence-electron chi connectivity index (χ3n) is 3.70. The molecule has 0 aliphatic carbocycles. The van der Waals surface area contributed by atoms with Crippen LogP contribution in [0.5, 0.6) is 0 Å². The van der Waals surface area contributed by atoms with Crippen LogP contribution < -0.4 is 5.48 Å². The average molecular weight is 288 g/mol. The summed E-state index contributed by atoms with van der Waals surface area (Å²) in [5.74, 6) is -0.123. The Morgan fingerprint density at radius 2 is 2.24 bits per heavy atom. The van der Waals surface area contributed by atoms with Gasteiger partial charge in [0.15, 0.2) is 6.29 Å². The first-order chi connectivity index (χ1) is 10.3. The number of nitrogens with one attached hydrogen (secondary N) is 1. The molecule has 5 heteroatoms. The number of amides is 1. The highest BCUT2D eigenvalue weighted by atomic mass is 16.8. The first kappa shape index (κ1) is 14.1. The molecule has 1 aromatic heterocycles. The van der Waals surface area contributed by atoms with Crippen LogP contribution in [0.2, 0.25) is 0 Å². The average Bonchev–Trinajstić information content (AvgIpc) is 2.95. The lowest BCUT2D eigenvalue weighted by Gasteiger charge is -2.22. The number of hydroxylamine groups is 1. The van der Waals surface area contributed by atoms with E-state index in [1.165, 1.54) is 5.39 Å². The second-order valence-electron chi connectivity index (χ2n) is 5.26. The van der Waals surface area contributed by atoms with Crippen molar-refractivity contribution in [2.75, 3.05) is 6.61 Å². The summed E-state index contributed by atoms with van der Waals surface area (Å²) in [5, 5.41) is 1.18. The molecule has 1 aromatic carbocycles. The molecule has 0 saturated carbocycles. The predicted molar refractivity (Wildman–Crippen MR) is 79.4 cm³/mol. The summed E-state index contributed by atoms with van der Waals surface area (Å²) in [7, 11) is 0. The summed E-state index contributed by atoms with van der Waals surface area (Å²) in [5.41, 5.74) is 3.63. The van der Waals surface area contributed by atoms with E-state index in [1.807, 2.05) is 18.3 Å². The van der Waals surface area contributed by atoms with E-state index in [1.54, 1.807) is 0 Å². The Hall–Kier alpha value is -1.85. The van der Waals surface area contributed by atoms with Crippen molar-refractivity contribution in [2.45, 2.75) is 38.5 Å². The fourth-order valence-corrected chi connectivity index (χ4v) is 2.54. The molecular formula is C16H20N2O3. The van der Waals surface area contributed by atoms with Crippen molar-refractivity contribution < 1.29 is 14.4 Å². The summed E-state index contributed by atoms with van der Waals surface area (Å²) in [6.45, 7) is 1.34. The van der Waals surface area contributed by atoms with Crippen LogP contribution in [0, 0.1) is 0 Å². The van der Waals surface area contributed by atoms with Crippen molar-refractivity contribution in [2.24, 2.45) is 0 Å². The number of rotatable bonds is 5. The second kappa shape index (κ2) is 6.74. The molecule has 2 heterocycles. The highest BCUT2D eigenvalue weighted by Gasteiger charge is 2.15. The van der Waals surface area contributed by atoms with E-state index in [0.29, 0.717) is 19.6 Å². The third-order valence-corrected chi connectivity index (χ3v) is 3.70. The summed E-state index contributed by atoms with van der Waals surface area (Å²) in [6, 6.07) is 10.2. The topological polar surface area (TPSA) is 52.5 Å². The second-order valence-corrected chi connectivity index (χ2v) is 5.26. The Morgan fingerprint density at radius 3 is 3.10 bits per heavy atom. The van der Waals surface area contributed by atoms with Gasteiger partial charge in [-0.05, 0) is 30.4 Å². The number of hydrogen-bond donors (Lipinski definition) is 1. The number of benzene rings is 1. The van der Waals surface area contributed by atoms with Crippen molar-refractivity contribution in [3.8, 4) is 0 Å². The largest absolute Gasteiger partial charge is 0.350 e. The van der Waals surface area contributed by atoms with E-state index in [0.717, 1.165) is 24.8 Å². The third kappa shape index (κ3) is 3.62. The number of carbonyl (C=O) groups excluding carboxylic acids is 1. The molecule has 1 aliphatic rings. The maximum Gasteiger partial charge on any atom is 0.245 e. The van der Waals surface area contributed by atoms with Gasteiger partial charge in [0, 0.05) is 37.7 Å². The maximum absolute atomic E-state index is 11.8. The Morgan fingerprint density at radius 1 is 1.33 bits per heavy atom. The van der Waals surface area contributed by atoms with Crippen molar-refractivity contribution in [3.05, 3.63) is 36.5 Å². The van der Waals surface area contributed by atoms with Gasteiger partial charge in [0.2, 0.25) is 5.91 Å². The lowest BCUT2D eigenvalue weighted by atomic mass is 10.2. The number of aryl methyl sites for hydroxylation is 1. The minimum atomic E-state index is -0.296. The summed E-state index contributed by atoms with van der Waals surface area (Å²) in [4.78, 5) is 17.1. The van der Waals surface area contributed by atoms with E-state index in [9.17, 15) is 4.79 Å². The summed E-state index contributed by atoms with van der Waals surface area (Å²) < 4.78 is 7.47. The van der Waals surface area contributed by atoms with Crippen LogP contribution in [-0.4, -0.2) is 23.4 Å². The van der Waals surface area contributed by atoms with Gasteiger partial charge in [-0.15, -0.1) is 0 Å². The van der Waals surface area contributed by atoms with Crippen LogP contribution in [0.15, 0.2) is 36.5 Å². The smallest absolute Gasteiger partial charge is 0.245 e. The van der Waals surface area contributed by atoms with Crippen molar-refractivity contribution >= 4 is 16.8 Å². The number of hydrogen-bond acceptors (Lipinski definition) is 3. The SMILES string of the molecule is O=C(CCn1ccc2ccccc21)NO[C@H]1CCCCO1. The zero-order valence-corrected chi connectivity index (χ0v) is 12.0. The number of carbonyl (C=O) groups is 1. The molecule has 1 saturated heterocycles. The van der Waals surface area contributed by atoms with E-state index in [4.69, 9.17) is 9.57 Å². The molecule has 0 spiro atoms. The lowest BCUT2D eigenvalue weighted by Crippen LogP contribution is -2.33. The number of para-hydroxylation sites is 1. The first-order valence-corrected chi connectivity index (χ1v) is 7.43. The van der Waals surface area contributed by atoms with Gasteiger partial charge in [-0.2, -0.15) is 0 Å². The maximum atomic E-state index is 11.8. The van der Waals surface area contributed by atoms with E-state index in [2.05, 4.69) is 28.2 Å². The Bertz CT molecular complexity index is 602. The zero-order valence-electron chi connectivity index (χ0n) is 12.0. The highest BCUT2D eigenvalue weighted by molar-refractivity contribution is 5.80. The van der Waals surface area contributed by atoms with Gasteiger partial charge in [0.05, 0.1) is 0 Å². The molecule has 1 fully saturated rings. The molecule has 1 aliphatic heterocycles. The fraction of sp³-hybridized carbons (Fsp3) is 0.438. The number of aromatic nitrogens is 1. The number of nitrogens with zero attached hydrogens (tertiary/aromatic N) is 1. The first-order valence-electron chi connectivity index (χ1n) is 7.43. The van der Waals surface area contributed by atoms with Gasteiger partial charge in [-0.25, -0.2) is 10.3 Å². The van der Waals surface area contributed by atoms with Gasteiger partial charge in [-0.3, -0.25) is 4.79 Å². The van der Waals surface area contributed by atoms with Gasteiger partial charge >= 0.3 is 0 Å². The van der Waals surface area contributed by atoms with Crippen LogP contribution in [-0.2, 0) is 20.9 Å². The van der Waals surface area contributed by atoms with Gasteiger partial charge in [0.1, 0.15) is 0 Å². The molecule has 0 bridgehead atoms. The molecule has 1 atom stereocenters. The molecule has 112 valence electrons. The van der Waals surface area contributed by atoms with E-state index < -0.39 is 0 Å². The van der Waals surface area contributed by atoms with E-state index in [-0.39, 0.29) is 12.2 Å². The molecule has 1 amide bonds.